The molecule has 1 aromatic carbocycles. The molecule has 0 radical (unpaired) electrons. The fourth-order valence-electron chi connectivity index (χ4n) is 1.27. The topological polar surface area (TPSA) is 26.3 Å². The number of alkyl halides is 3. The van der Waals surface area contributed by atoms with Crippen molar-refractivity contribution in [3.63, 3.8) is 0 Å². The van der Waals surface area contributed by atoms with Crippen molar-refractivity contribution in [2.75, 3.05) is 0 Å². The maximum Gasteiger partial charge on any atom is 0.363 e. The van der Waals surface area contributed by atoms with Gasteiger partial charge in [0.1, 0.15) is 11.6 Å². The van der Waals surface area contributed by atoms with Crippen LogP contribution in [0.5, 0.6) is 5.75 Å². The minimum Gasteiger partial charge on any atom is -0.423 e. The van der Waals surface area contributed by atoms with Crippen molar-refractivity contribution in [3.05, 3.63) is 41.7 Å². The average molecular weight is 312 g/mol. The Morgan fingerprint density at radius 1 is 1.44 bits per heavy atom. The van der Waals surface area contributed by atoms with Crippen LogP contribution in [0, 0.1) is 5.82 Å². The summed E-state index contributed by atoms with van der Waals surface area (Å²) < 4.78 is 15.9. The fourth-order valence-corrected chi connectivity index (χ4v) is 1.38. The van der Waals surface area contributed by atoms with Crippen LogP contribution in [0.2, 0.25) is 0 Å². The SMILES string of the molecule is C=C(C)Cc1cc(F)ccc1OC(=O)C(Cl)(Cl)Cl. The lowest BCUT2D eigenvalue weighted by Crippen LogP contribution is -2.25. The number of hydrogen-bond donors (Lipinski definition) is 0. The van der Waals surface area contributed by atoms with Gasteiger partial charge in [0.25, 0.3) is 3.79 Å². The van der Waals surface area contributed by atoms with Gasteiger partial charge >= 0.3 is 5.97 Å². The summed E-state index contributed by atoms with van der Waals surface area (Å²) in [5, 5.41) is 0. The Balaban J connectivity index is 3.01. The standard InChI is InChI=1S/C12H10Cl3FO2/c1-7(2)5-8-6-9(16)3-4-10(8)18-11(17)12(13,14)15/h3-4,6H,1,5H2,2H3. The summed E-state index contributed by atoms with van der Waals surface area (Å²) >= 11 is 16.2. The van der Waals surface area contributed by atoms with Crippen LogP contribution in [-0.2, 0) is 11.2 Å². The van der Waals surface area contributed by atoms with E-state index in [1.165, 1.54) is 12.1 Å². The lowest BCUT2D eigenvalue weighted by Gasteiger charge is -2.13. The summed E-state index contributed by atoms with van der Waals surface area (Å²) in [6.45, 7) is 5.48. The molecule has 18 heavy (non-hydrogen) atoms. The molecular weight excluding hydrogens is 301 g/mol. The van der Waals surface area contributed by atoms with E-state index in [4.69, 9.17) is 39.5 Å². The van der Waals surface area contributed by atoms with Crippen LogP contribution in [0.3, 0.4) is 0 Å². The number of ether oxygens (including phenoxy) is 1. The molecule has 0 spiro atoms. The second-order valence-corrected chi connectivity index (χ2v) is 6.05. The van der Waals surface area contributed by atoms with Crippen LogP contribution in [0.1, 0.15) is 12.5 Å². The van der Waals surface area contributed by atoms with Gasteiger partial charge in [-0.2, -0.15) is 0 Å². The van der Waals surface area contributed by atoms with E-state index < -0.39 is 15.6 Å². The number of allylic oxidation sites excluding steroid dienone is 1. The Morgan fingerprint density at radius 2 is 2.06 bits per heavy atom. The highest BCUT2D eigenvalue weighted by atomic mass is 35.6. The highest BCUT2D eigenvalue weighted by Crippen LogP contribution is 2.30. The van der Waals surface area contributed by atoms with E-state index in [2.05, 4.69) is 6.58 Å². The van der Waals surface area contributed by atoms with E-state index in [0.29, 0.717) is 12.0 Å². The first-order valence-electron chi connectivity index (χ1n) is 4.92. The molecule has 0 aromatic heterocycles. The molecule has 0 unspecified atom stereocenters. The van der Waals surface area contributed by atoms with Gasteiger partial charge in [0.05, 0.1) is 0 Å². The minimum atomic E-state index is -2.17. The first-order chi connectivity index (χ1) is 8.20. The summed E-state index contributed by atoms with van der Waals surface area (Å²) in [5.74, 6) is -1.34. The number of halogens is 4. The van der Waals surface area contributed by atoms with Crippen molar-refractivity contribution in [2.24, 2.45) is 0 Å². The fraction of sp³-hybridized carbons (Fsp3) is 0.250. The molecule has 98 valence electrons. The van der Waals surface area contributed by atoms with Crippen LogP contribution in [0.15, 0.2) is 30.4 Å². The highest BCUT2D eigenvalue weighted by molar-refractivity contribution is 6.75. The number of carbonyl (C=O) groups excluding carboxylic acids is 1. The van der Waals surface area contributed by atoms with Crippen molar-refractivity contribution in [1.82, 2.24) is 0 Å². The van der Waals surface area contributed by atoms with Crippen molar-refractivity contribution >= 4 is 40.8 Å². The summed E-state index contributed by atoms with van der Waals surface area (Å²) in [4.78, 5) is 11.4. The van der Waals surface area contributed by atoms with Crippen molar-refractivity contribution in [2.45, 2.75) is 17.1 Å². The monoisotopic (exact) mass is 310 g/mol. The van der Waals surface area contributed by atoms with Gasteiger partial charge in [-0.25, -0.2) is 9.18 Å². The van der Waals surface area contributed by atoms with Crippen molar-refractivity contribution < 1.29 is 13.9 Å². The van der Waals surface area contributed by atoms with Gasteiger partial charge in [-0.15, -0.1) is 0 Å². The van der Waals surface area contributed by atoms with E-state index in [-0.39, 0.29) is 5.75 Å². The molecule has 0 saturated heterocycles. The lowest BCUT2D eigenvalue weighted by atomic mass is 10.1. The number of carbonyl (C=O) groups is 1. The summed E-state index contributed by atoms with van der Waals surface area (Å²) in [6.07, 6.45) is 0.361. The van der Waals surface area contributed by atoms with E-state index in [1.807, 2.05) is 0 Å². The first-order valence-corrected chi connectivity index (χ1v) is 6.05. The zero-order chi connectivity index (χ0) is 13.9. The third-order valence-electron chi connectivity index (χ3n) is 1.95. The molecule has 0 saturated carbocycles. The number of rotatable bonds is 3. The molecule has 0 N–H and O–H groups in total. The Bertz CT molecular complexity index is 481. The van der Waals surface area contributed by atoms with E-state index in [9.17, 15) is 9.18 Å². The molecule has 0 aliphatic heterocycles. The van der Waals surface area contributed by atoms with E-state index >= 15 is 0 Å². The van der Waals surface area contributed by atoms with E-state index in [0.717, 1.165) is 11.6 Å². The van der Waals surface area contributed by atoms with Gasteiger partial charge < -0.3 is 4.74 Å². The molecule has 2 nitrogen and oxygen atoms in total. The normalized spacial score (nSPS) is 11.2. The molecule has 1 rings (SSSR count). The Morgan fingerprint density at radius 3 is 2.56 bits per heavy atom. The van der Waals surface area contributed by atoms with Crippen LogP contribution in [-0.4, -0.2) is 9.76 Å². The minimum absolute atomic E-state index is 0.149. The molecule has 0 aliphatic rings. The van der Waals surface area contributed by atoms with Gasteiger partial charge in [0.2, 0.25) is 0 Å². The van der Waals surface area contributed by atoms with Crippen LogP contribution < -0.4 is 4.74 Å². The molecule has 0 bridgehead atoms. The number of esters is 1. The van der Waals surface area contributed by atoms with Crippen LogP contribution in [0.4, 0.5) is 4.39 Å². The molecule has 0 atom stereocenters. The molecule has 0 aliphatic carbocycles. The molecule has 1 aromatic rings. The predicted octanol–water partition coefficient (Wildman–Crippen LogP) is 4.22. The van der Waals surface area contributed by atoms with E-state index in [1.54, 1.807) is 6.92 Å². The summed E-state index contributed by atoms with van der Waals surface area (Å²) in [6, 6.07) is 3.71. The van der Waals surface area contributed by atoms with Crippen LogP contribution >= 0.6 is 34.8 Å². The maximum atomic E-state index is 13.1. The second-order valence-electron chi connectivity index (χ2n) is 3.77. The third-order valence-corrected chi connectivity index (χ3v) is 2.41. The molecular formula is C12H10Cl3FO2. The van der Waals surface area contributed by atoms with Crippen LogP contribution in [0.25, 0.3) is 0 Å². The highest BCUT2D eigenvalue weighted by Gasteiger charge is 2.33. The zero-order valence-electron chi connectivity index (χ0n) is 9.47. The summed E-state index contributed by atoms with van der Waals surface area (Å²) in [5.41, 5.74) is 1.25. The predicted molar refractivity (Wildman–Crippen MR) is 70.8 cm³/mol. The third kappa shape index (κ3) is 4.48. The Kier molecular flexibility index (Phi) is 5.02. The van der Waals surface area contributed by atoms with Gasteiger partial charge in [-0.05, 0) is 31.5 Å². The van der Waals surface area contributed by atoms with Gasteiger partial charge in [-0.3, -0.25) is 0 Å². The maximum absolute atomic E-state index is 13.1. The van der Waals surface area contributed by atoms with Crippen molar-refractivity contribution in [1.29, 1.82) is 0 Å². The average Bonchev–Trinajstić information content (AvgIpc) is 2.19. The number of benzene rings is 1. The molecule has 0 fully saturated rings. The molecule has 0 amide bonds. The van der Waals surface area contributed by atoms with Gasteiger partial charge in [-0.1, -0.05) is 47.0 Å². The quantitative estimate of drug-likeness (QED) is 0.361. The smallest absolute Gasteiger partial charge is 0.363 e. The van der Waals surface area contributed by atoms with Gasteiger partial charge in [0.15, 0.2) is 0 Å². The first kappa shape index (κ1) is 15.3. The molecule has 6 heteroatoms. The summed E-state index contributed by atoms with van der Waals surface area (Å²) in [7, 11) is 0. The van der Waals surface area contributed by atoms with Gasteiger partial charge in [0, 0.05) is 5.56 Å². The second kappa shape index (κ2) is 5.91. The van der Waals surface area contributed by atoms with Crippen molar-refractivity contribution in [3.8, 4) is 5.75 Å². The Hall–Kier alpha value is -0.770. The molecule has 0 heterocycles. The zero-order valence-corrected chi connectivity index (χ0v) is 11.7. The largest absolute Gasteiger partial charge is 0.423 e. The number of hydrogen-bond acceptors (Lipinski definition) is 2. The lowest BCUT2D eigenvalue weighted by molar-refractivity contribution is -0.133. The Labute approximate surface area is 119 Å².